The molecule has 3 aromatic carbocycles. The van der Waals surface area contributed by atoms with Crippen LogP contribution < -0.4 is 4.72 Å². The van der Waals surface area contributed by atoms with Crippen LogP contribution in [-0.2, 0) is 15.8 Å². The van der Waals surface area contributed by atoms with Gasteiger partial charge in [0.15, 0.2) is 0 Å². The lowest BCUT2D eigenvalue weighted by Crippen LogP contribution is -2.28. The van der Waals surface area contributed by atoms with Crippen LogP contribution in [0.25, 0.3) is 10.8 Å². The molecule has 3 rings (SSSR count). The number of sulfonamides is 1. The Bertz CT molecular complexity index is 1050. The van der Waals surface area contributed by atoms with Crippen LogP contribution in [0.4, 0.5) is 5.69 Å². The van der Waals surface area contributed by atoms with Gasteiger partial charge in [-0.25, -0.2) is 13.1 Å². The Morgan fingerprint density at radius 2 is 1.65 bits per heavy atom. The molecule has 0 saturated heterocycles. The first kappa shape index (κ1) is 18.0. The average molecular weight is 370 g/mol. The molecule has 1 N–H and O–H groups in total. The van der Waals surface area contributed by atoms with Gasteiger partial charge in [-0.15, -0.1) is 0 Å². The van der Waals surface area contributed by atoms with E-state index in [1.165, 1.54) is 24.3 Å². The van der Waals surface area contributed by atoms with Crippen molar-refractivity contribution in [1.29, 1.82) is 0 Å². The quantitative estimate of drug-likeness (QED) is 0.526. The van der Waals surface area contributed by atoms with Gasteiger partial charge >= 0.3 is 0 Å². The summed E-state index contributed by atoms with van der Waals surface area (Å²) in [7, 11) is -3.59. The number of fused-ring (bicyclic) bond motifs is 1. The normalized spacial score (nSPS) is 12.8. The minimum atomic E-state index is -3.59. The number of benzene rings is 3. The van der Waals surface area contributed by atoms with Crippen molar-refractivity contribution >= 4 is 26.5 Å². The second kappa shape index (κ2) is 7.23. The van der Waals surface area contributed by atoms with Crippen molar-refractivity contribution in [3.63, 3.8) is 0 Å². The van der Waals surface area contributed by atoms with E-state index in [4.69, 9.17) is 0 Å². The smallest absolute Gasteiger partial charge is 0.258 e. The van der Waals surface area contributed by atoms with E-state index in [0.29, 0.717) is 5.56 Å². The summed E-state index contributed by atoms with van der Waals surface area (Å²) in [5.74, 6) is -0.233. The highest BCUT2D eigenvalue weighted by molar-refractivity contribution is 7.88. The Labute approximate surface area is 151 Å². The Morgan fingerprint density at radius 1 is 1.00 bits per heavy atom. The van der Waals surface area contributed by atoms with E-state index in [9.17, 15) is 18.5 Å². The van der Waals surface area contributed by atoms with Gasteiger partial charge in [-0.3, -0.25) is 10.1 Å². The standard InChI is InChI=1S/C19H18N2O4S/c1-14(17-9-8-16-4-2-3-5-18(16)12-17)20-26(24,25)13-15-6-10-19(11-7-15)21(22)23/h2-12,14,20H,13H2,1H3. The third-order valence-corrected chi connectivity index (χ3v) is 5.56. The Balaban J connectivity index is 1.73. The molecule has 1 atom stereocenters. The number of hydrogen-bond acceptors (Lipinski definition) is 4. The molecule has 26 heavy (non-hydrogen) atoms. The maximum atomic E-state index is 12.4. The molecule has 0 saturated carbocycles. The summed E-state index contributed by atoms with van der Waals surface area (Å²) in [4.78, 5) is 10.2. The molecule has 0 fully saturated rings. The number of nitro benzene ring substituents is 1. The van der Waals surface area contributed by atoms with Gasteiger partial charge in [0, 0.05) is 18.2 Å². The van der Waals surface area contributed by atoms with E-state index >= 15 is 0 Å². The summed E-state index contributed by atoms with van der Waals surface area (Å²) in [6, 6.07) is 18.8. The topological polar surface area (TPSA) is 89.3 Å². The molecule has 0 aromatic heterocycles. The minimum Gasteiger partial charge on any atom is -0.258 e. The van der Waals surface area contributed by atoms with Gasteiger partial charge in [0.25, 0.3) is 5.69 Å². The van der Waals surface area contributed by atoms with E-state index in [-0.39, 0.29) is 17.5 Å². The molecular weight excluding hydrogens is 352 g/mol. The fourth-order valence-corrected chi connectivity index (χ4v) is 4.18. The highest BCUT2D eigenvalue weighted by Gasteiger charge is 2.17. The van der Waals surface area contributed by atoms with Crippen LogP contribution in [0, 0.1) is 10.1 Å². The molecular formula is C19H18N2O4S. The number of nitrogens with one attached hydrogen (secondary N) is 1. The number of nitro groups is 1. The number of rotatable bonds is 6. The van der Waals surface area contributed by atoms with Gasteiger partial charge in [0.2, 0.25) is 10.0 Å². The zero-order chi connectivity index (χ0) is 18.7. The SMILES string of the molecule is CC(NS(=O)(=O)Cc1ccc([N+](=O)[O-])cc1)c1ccc2ccccc2c1. The number of hydrogen-bond donors (Lipinski definition) is 1. The third-order valence-electron chi connectivity index (χ3n) is 4.13. The zero-order valence-electron chi connectivity index (χ0n) is 14.1. The molecule has 134 valence electrons. The molecule has 0 aliphatic rings. The first-order valence-electron chi connectivity index (χ1n) is 8.06. The molecule has 0 radical (unpaired) electrons. The summed E-state index contributed by atoms with van der Waals surface area (Å²) in [5, 5.41) is 12.8. The summed E-state index contributed by atoms with van der Waals surface area (Å²) in [5.41, 5.74) is 1.30. The molecule has 0 spiro atoms. The van der Waals surface area contributed by atoms with E-state index in [2.05, 4.69) is 4.72 Å². The van der Waals surface area contributed by atoms with Crippen molar-refractivity contribution in [1.82, 2.24) is 4.72 Å². The summed E-state index contributed by atoms with van der Waals surface area (Å²) in [6.45, 7) is 1.79. The van der Waals surface area contributed by atoms with Gasteiger partial charge < -0.3 is 0 Å². The Hall–Kier alpha value is -2.77. The number of nitrogens with zero attached hydrogens (tertiary/aromatic N) is 1. The predicted octanol–water partition coefficient (Wildman–Crippen LogP) is 3.93. The van der Waals surface area contributed by atoms with Crippen LogP contribution in [0.1, 0.15) is 24.1 Å². The molecule has 1 unspecified atom stereocenters. The summed E-state index contributed by atoms with van der Waals surface area (Å²) < 4.78 is 27.5. The van der Waals surface area contributed by atoms with E-state index in [1.54, 1.807) is 6.92 Å². The summed E-state index contributed by atoms with van der Waals surface area (Å²) >= 11 is 0. The molecule has 3 aromatic rings. The Morgan fingerprint density at radius 3 is 2.31 bits per heavy atom. The first-order valence-corrected chi connectivity index (χ1v) is 9.71. The largest absolute Gasteiger partial charge is 0.269 e. The van der Waals surface area contributed by atoms with Gasteiger partial charge in [0.1, 0.15) is 0 Å². The van der Waals surface area contributed by atoms with Gasteiger partial charge in [-0.05, 0) is 34.9 Å². The fraction of sp³-hybridized carbons (Fsp3) is 0.158. The van der Waals surface area contributed by atoms with Crippen LogP contribution in [0.2, 0.25) is 0 Å². The Kier molecular flexibility index (Phi) is 5.01. The highest BCUT2D eigenvalue weighted by Crippen LogP contribution is 2.21. The first-order chi connectivity index (χ1) is 12.3. The molecule has 0 aliphatic carbocycles. The molecule has 0 aliphatic heterocycles. The maximum absolute atomic E-state index is 12.4. The lowest BCUT2D eigenvalue weighted by molar-refractivity contribution is -0.384. The minimum absolute atomic E-state index is 0.0661. The predicted molar refractivity (Wildman–Crippen MR) is 101 cm³/mol. The van der Waals surface area contributed by atoms with Crippen molar-refractivity contribution in [3.8, 4) is 0 Å². The van der Waals surface area contributed by atoms with E-state index < -0.39 is 14.9 Å². The van der Waals surface area contributed by atoms with Crippen LogP contribution in [0.5, 0.6) is 0 Å². The van der Waals surface area contributed by atoms with Crippen molar-refractivity contribution in [2.45, 2.75) is 18.7 Å². The van der Waals surface area contributed by atoms with Crippen molar-refractivity contribution in [2.75, 3.05) is 0 Å². The van der Waals surface area contributed by atoms with Crippen molar-refractivity contribution in [3.05, 3.63) is 88.0 Å². The molecule has 0 heterocycles. The average Bonchev–Trinajstić information content (AvgIpc) is 2.61. The van der Waals surface area contributed by atoms with Crippen LogP contribution in [0.3, 0.4) is 0 Å². The van der Waals surface area contributed by atoms with Crippen molar-refractivity contribution < 1.29 is 13.3 Å². The lowest BCUT2D eigenvalue weighted by atomic mass is 10.0. The van der Waals surface area contributed by atoms with Crippen LogP contribution >= 0.6 is 0 Å². The zero-order valence-corrected chi connectivity index (χ0v) is 14.9. The lowest BCUT2D eigenvalue weighted by Gasteiger charge is -2.15. The fourth-order valence-electron chi connectivity index (χ4n) is 2.79. The van der Waals surface area contributed by atoms with Crippen LogP contribution in [0.15, 0.2) is 66.7 Å². The van der Waals surface area contributed by atoms with E-state index in [0.717, 1.165) is 16.3 Å². The molecule has 6 nitrogen and oxygen atoms in total. The van der Waals surface area contributed by atoms with Crippen molar-refractivity contribution in [2.24, 2.45) is 0 Å². The second-order valence-electron chi connectivity index (χ2n) is 6.13. The third kappa shape index (κ3) is 4.25. The molecule has 7 heteroatoms. The summed E-state index contributed by atoms with van der Waals surface area (Å²) in [6.07, 6.45) is 0. The van der Waals surface area contributed by atoms with E-state index in [1.807, 2.05) is 42.5 Å². The molecule has 0 bridgehead atoms. The van der Waals surface area contributed by atoms with Gasteiger partial charge in [0.05, 0.1) is 10.7 Å². The monoisotopic (exact) mass is 370 g/mol. The second-order valence-corrected chi connectivity index (χ2v) is 7.88. The van der Waals surface area contributed by atoms with Gasteiger partial charge in [-0.2, -0.15) is 0 Å². The highest BCUT2D eigenvalue weighted by atomic mass is 32.2. The maximum Gasteiger partial charge on any atom is 0.269 e. The molecule has 0 amide bonds. The number of non-ortho nitro benzene ring substituents is 1. The van der Waals surface area contributed by atoms with Gasteiger partial charge in [-0.1, -0.05) is 48.5 Å². The van der Waals surface area contributed by atoms with Crippen LogP contribution in [-0.4, -0.2) is 13.3 Å².